The molecule has 0 aliphatic rings. The molecule has 1 aromatic rings. The van der Waals surface area contributed by atoms with E-state index >= 15 is 0 Å². The van der Waals surface area contributed by atoms with Gasteiger partial charge in [-0.05, 0) is 30.5 Å². The van der Waals surface area contributed by atoms with Crippen molar-refractivity contribution in [2.75, 3.05) is 12.3 Å². The molecule has 1 rings (SSSR count). The van der Waals surface area contributed by atoms with Crippen LogP contribution in [0.4, 0.5) is 10.1 Å². The van der Waals surface area contributed by atoms with Crippen LogP contribution in [-0.4, -0.2) is 12.6 Å². The van der Waals surface area contributed by atoms with Gasteiger partial charge in [-0.3, -0.25) is 0 Å². The summed E-state index contributed by atoms with van der Waals surface area (Å²) in [5.74, 6) is -0.651. The molecule has 2 N–H and O–H groups in total. The molecule has 17 heavy (non-hydrogen) atoms. The van der Waals surface area contributed by atoms with E-state index in [1.54, 1.807) is 0 Å². The van der Waals surface area contributed by atoms with Crippen molar-refractivity contribution in [3.63, 3.8) is 0 Å². The second-order valence-electron chi connectivity index (χ2n) is 4.23. The number of carbonyl (C=O) groups excluding carboxylic acids is 1. The molecule has 0 saturated carbocycles. The van der Waals surface area contributed by atoms with E-state index in [2.05, 4.69) is 6.92 Å². The molecule has 1 atom stereocenters. The first-order chi connectivity index (χ1) is 8.04. The number of hydrogen-bond donors (Lipinski definition) is 1. The van der Waals surface area contributed by atoms with E-state index in [0.29, 0.717) is 12.5 Å². The number of nitrogen functional groups attached to an aromatic ring is 1. The quantitative estimate of drug-likeness (QED) is 0.634. The van der Waals surface area contributed by atoms with Crippen LogP contribution in [0.2, 0.25) is 0 Å². The van der Waals surface area contributed by atoms with Gasteiger partial charge in [-0.1, -0.05) is 20.3 Å². The van der Waals surface area contributed by atoms with Crippen molar-refractivity contribution in [1.82, 2.24) is 0 Å². The molecule has 0 heterocycles. The van der Waals surface area contributed by atoms with Gasteiger partial charge in [0.25, 0.3) is 0 Å². The Bertz CT molecular complexity index is 393. The van der Waals surface area contributed by atoms with E-state index in [4.69, 9.17) is 10.5 Å². The van der Waals surface area contributed by atoms with Crippen LogP contribution in [0, 0.1) is 11.7 Å². The monoisotopic (exact) mass is 239 g/mol. The molecular formula is C13H18FNO2. The smallest absolute Gasteiger partial charge is 0.338 e. The summed E-state index contributed by atoms with van der Waals surface area (Å²) in [6, 6.07) is 3.84. The number of esters is 1. The predicted octanol–water partition coefficient (Wildman–Crippen LogP) is 3.00. The number of benzene rings is 1. The summed E-state index contributed by atoms with van der Waals surface area (Å²) < 4.78 is 18.0. The SMILES string of the molecule is CCCC(C)COC(=O)c1ccc(F)c(N)c1. The maximum atomic E-state index is 12.9. The fourth-order valence-corrected chi connectivity index (χ4v) is 1.55. The second kappa shape index (κ2) is 6.23. The summed E-state index contributed by atoms with van der Waals surface area (Å²) in [7, 11) is 0. The normalized spacial score (nSPS) is 12.2. The Morgan fingerprint density at radius 2 is 2.24 bits per heavy atom. The Morgan fingerprint density at radius 1 is 1.53 bits per heavy atom. The van der Waals surface area contributed by atoms with E-state index in [9.17, 15) is 9.18 Å². The molecule has 0 spiro atoms. The van der Waals surface area contributed by atoms with Crippen molar-refractivity contribution in [1.29, 1.82) is 0 Å². The van der Waals surface area contributed by atoms with Crippen molar-refractivity contribution in [3.8, 4) is 0 Å². The molecule has 0 saturated heterocycles. The van der Waals surface area contributed by atoms with E-state index in [-0.39, 0.29) is 11.3 Å². The number of nitrogens with two attached hydrogens (primary N) is 1. The first-order valence-electron chi connectivity index (χ1n) is 5.76. The van der Waals surface area contributed by atoms with E-state index in [1.165, 1.54) is 18.2 Å². The van der Waals surface area contributed by atoms with Gasteiger partial charge in [0.15, 0.2) is 0 Å². The van der Waals surface area contributed by atoms with Crippen LogP contribution in [0.1, 0.15) is 37.0 Å². The van der Waals surface area contributed by atoms with Gasteiger partial charge < -0.3 is 10.5 Å². The highest BCUT2D eigenvalue weighted by molar-refractivity contribution is 5.90. The lowest BCUT2D eigenvalue weighted by molar-refractivity contribution is 0.0443. The fourth-order valence-electron chi connectivity index (χ4n) is 1.55. The van der Waals surface area contributed by atoms with Crippen molar-refractivity contribution in [2.45, 2.75) is 26.7 Å². The summed E-state index contributed by atoms with van der Waals surface area (Å²) in [4.78, 5) is 11.6. The fraction of sp³-hybridized carbons (Fsp3) is 0.462. The molecule has 3 nitrogen and oxygen atoms in total. The summed E-state index contributed by atoms with van der Waals surface area (Å²) in [6.45, 7) is 4.48. The van der Waals surface area contributed by atoms with Gasteiger partial charge in [0.2, 0.25) is 0 Å². The molecule has 0 aliphatic heterocycles. The summed E-state index contributed by atoms with van der Waals surface area (Å²) in [5, 5.41) is 0. The van der Waals surface area contributed by atoms with E-state index in [1.807, 2.05) is 6.92 Å². The minimum atomic E-state index is -0.527. The van der Waals surface area contributed by atoms with Crippen molar-refractivity contribution < 1.29 is 13.9 Å². The molecule has 0 aromatic heterocycles. The molecule has 4 heteroatoms. The van der Waals surface area contributed by atoms with Crippen molar-refractivity contribution in [2.24, 2.45) is 5.92 Å². The molecule has 0 bridgehead atoms. The van der Waals surface area contributed by atoms with Gasteiger partial charge in [0.1, 0.15) is 5.82 Å². The van der Waals surface area contributed by atoms with E-state index in [0.717, 1.165) is 12.8 Å². The number of anilines is 1. The average molecular weight is 239 g/mol. The second-order valence-corrected chi connectivity index (χ2v) is 4.23. The van der Waals surface area contributed by atoms with Gasteiger partial charge in [-0.15, -0.1) is 0 Å². The Morgan fingerprint density at radius 3 is 2.82 bits per heavy atom. The third kappa shape index (κ3) is 4.06. The molecule has 0 amide bonds. The Kier molecular flexibility index (Phi) is 4.94. The molecule has 0 aliphatic carbocycles. The molecule has 0 radical (unpaired) electrons. The lowest BCUT2D eigenvalue weighted by Gasteiger charge is -2.11. The lowest BCUT2D eigenvalue weighted by Crippen LogP contribution is -2.12. The third-order valence-corrected chi connectivity index (χ3v) is 2.51. The van der Waals surface area contributed by atoms with Crippen LogP contribution in [0.3, 0.4) is 0 Å². The summed E-state index contributed by atoms with van der Waals surface area (Å²) >= 11 is 0. The number of ether oxygens (including phenoxy) is 1. The summed E-state index contributed by atoms with van der Waals surface area (Å²) in [5.41, 5.74) is 5.62. The first-order valence-corrected chi connectivity index (χ1v) is 5.76. The zero-order valence-electron chi connectivity index (χ0n) is 10.2. The maximum absolute atomic E-state index is 12.9. The zero-order valence-corrected chi connectivity index (χ0v) is 10.2. The van der Waals surface area contributed by atoms with Gasteiger partial charge in [-0.25, -0.2) is 9.18 Å². The minimum absolute atomic E-state index is 0.0407. The number of halogens is 1. The predicted molar refractivity (Wildman–Crippen MR) is 65.2 cm³/mol. The largest absolute Gasteiger partial charge is 0.462 e. The van der Waals surface area contributed by atoms with Crippen LogP contribution in [0.5, 0.6) is 0 Å². The molecule has 1 unspecified atom stereocenters. The molecule has 1 aromatic carbocycles. The first kappa shape index (κ1) is 13.5. The molecular weight excluding hydrogens is 221 g/mol. The van der Waals surface area contributed by atoms with Crippen LogP contribution in [0.15, 0.2) is 18.2 Å². The lowest BCUT2D eigenvalue weighted by atomic mass is 10.1. The number of rotatable bonds is 5. The summed E-state index contributed by atoms with van der Waals surface area (Å²) in [6.07, 6.45) is 2.07. The van der Waals surface area contributed by atoms with Crippen LogP contribution < -0.4 is 5.73 Å². The average Bonchev–Trinajstić information content (AvgIpc) is 2.30. The highest BCUT2D eigenvalue weighted by Crippen LogP contribution is 2.14. The Balaban J connectivity index is 2.55. The maximum Gasteiger partial charge on any atom is 0.338 e. The van der Waals surface area contributed by atoms with Gasteiger partial charge in [0, 0.05) is 0 Å². The molecule has 0 fully saturated rings. The zero-order chi connectivity index (χ0) is 12.8. The van der Waals surface area contributed by atoms with Gasteiger partial charge in [-0.2, -0.15) is 0 Å². The number of hydrogen-bond acceptors (Lipinski definition) is 3. The Labute approximate surface area is 101 Å². The highest BCUT2D eigenvalue weighted by Gasteiger charge is 2.11. The van der Waals surface area contributed by atoms with Gasteiger partial charge >= 0.3 is 5.97 Å². The topological polar surface area (TPSA) is 52.3 Å². The van der Waals surface area contributed by atoms with Gasteiger partial charge in [0.05, 0.1) is 17.9 Å². The Hall–Kier alpha value is -1.58. The third-order valence-electron chi connectivity index (χ3n) is 2.51. The van der Waals surface area contributed by atoms with Crippen molar-refractivity contribution in [3.05, 3.63) is 29.6 Å². The van der Waals surface area contributed by atoms with Crippen LogP contribution >= 0.6 is 0 Å². The van der Waals surface area contributed by atoms with E-state index < -0.39 is 11.8 Å². The van der Waals surface area contributed by atoms with Crippen LogP contribution in [0.25, 0.3) is 0 Å². The number of carbonyl (C=O) groups is 1. The van der Waals surface area contributed by atoms with Crippen molar-refractivity contribution >= 4 is 11.7 Å². The highest BCUT2D eigenvalue weighted by atomic mass is 19.1. The molecule has 94 valence electrons. The minimum Gasteiger partial charge on any atom is -0.462 e. The standard InChI is InChI=1S/C13H18FNO2/c1-3-4-9(2)8-17-13(16)10-5-6-11(14)12(15)7-10/h5-7,9H,3-4,8,15H2,1-2H3. The van der Waals surface area contributed by atoms with Crippen LogP contribution in [-0.2, 0) is 4.74 Å².